The van der Waals surface area contributed by atoms with Crippen molar-refractivity contribution >= 4 is 5.91 Å². The highest BCUT2D eigenvalue weighted by Gasteiger charge is 2.34. The Bertz CT molecular complexity index is 269. The lowest BCUT2D eigenvalue weighted by molar-refractivity contribution is -0.126. The third kappa shape index (κ3) is 4.55. The summed E-state index contributed by atoms with van der Waals surface area (Å²) < 4.78 is 5.34. The van der Waals surface area contributed by atoms with Crippen LogP contribution in [0.15, 0.2) is 0 Å². The van der Waals surface area contributed by atoms with Crippen LogP contribution in [-0.2, 0) is 9.53 Å². The van der Waals surface area contributed by atoms with E-state index in [4.69, 9.17) is 4.74 Å². The fourth-order valence-corrected chi connectivity index (χ4v) is 2.31. The lowest BCUT2D eigenvalue weighted by Gasteiger charge is -2.25. The van der Waals surface area contributed by atoms with Gasteiger partial charge in [0.05, 0.1) is 24.7 Å². The van der Waals surface area contributed by atoms with Gasteiger partial charge >= 0.3 is 0 Å². The number of rotatable bonds is 7. The summed E-state index contributed by atoms with van der Waals surface area (Å²) in [4.78, 5) is 12.0. The van der Waals surface area contributed by atoms with Gasteiger partial charge in [0.25, 0.3) is 0 Å². The predicted octanol–water partition coefficient (Wildman–Crippen LogP) is 0.278. The van der Waals surface area contributed by atoms with Crippen LogP contribution in [0, 0.1) is 5.92 Å². The van der Waals surface area contributed by atoms with E-state index in [0.29, 0.717) is 26.2 Å². The van der Waals surface area contributed by atoms with E-state index in [2.05, 4.69) is 10.6 Å². The van der Waals surface area contributed by atoms with E-state index in [1.54, 1.807) is 6.92 Å². The molecule has 0 saturated carbocycles. The molecule has 3 N–H and O–H groups in total. The van der Waals surface area contributed by atoms with E-state index in [0.717, 1.165) is 13.0 Å². The molecule has 18 heavy (non-hydrogen) atoms. The van der Waals surface area contributed by atoms with Crippen LogP contribution < -0.4 is 10.6 Å². The second-order valence-corrected chi connectivity index (χ2v) is 5.27. The van der Waals surface area contributed by atoms with E-state index in [1.807, 2.05) is 13.8 Å². The molecule has 0 aromatic heterocycles. The number of amides is 1. The molecule has 1 saturated heterocycles. The molecular weight excluding hydrogens is 232 g/mol. The lowest BCUT2D eigenvalue weighted by Crippen LogP contribution is -2.48. The monoisotopic (exact) mass is 258 g/mol. The highest BCUT2D eigenvalue weighted by atomic mass is 16.5. The van der Waals surface area contributed by atoms with E-state index in [9.17, 15) is 9.90 Å². The molecule has 0 aromatic rings. The van der Waals surface area contributed by atoms with Gasteiger partial charge in [-0.2, -0.15) is 0 Å². The third-order valence-corrected chi connectivity index (χ3v) is 3.32. The standard InChI is InChI=1S/C13H26N2O3/c1-4-6-13(3,17)9-15-12(16)10-7-18-8-11(10)14-5-2/h10-11,14,17H,4-9H2,1-3H3,(H,15,16). The molecule has 1 heterocycles. The maximum atomic E-state index is 12.0. The molecular formula is C13H26N2O3. The molecule has 0 aromatic carbocycles. The molecule has 3 unspecified atom stereocenters. The number of ether oxygens (including phenoxy) is 1. The summed E-state index contributed by atoms with van der Waals surface area (Å²) in [6.45, 7) is 7.95. The topological polar surface area (TPSA) is 70.6 Å². The van der Waals surface area contributed by atoms with Crippen molar-refractivity contribution in [3.05, 3.63) is 0 Å². The largest absolute Gasteiger partial charge is 0.388 e. The van der Waals surface area contributed by atoms with Crippen molar-refractivity contribution in [1.29, 1.82) is 0 Å². The highest BCUT2D eigenvalue weighted by molar-refractivity contribution is 5.79. The molecule has 3 atom stereocenters. The van der Waals surface area contributed by atoms with Crippen molar-refractivity contribution in [3.8, 4) is 0 Å². The zero-order valence-corrected chi connectivity index (χ0v) is 11.7. The minimum Gasteiger partial charge on any atom is -0.388 e. The Hall–Kier alpha value is -0.650. The third-order valence-electron chi connectivity index (χ3n) is 3.32. The second kappa shape index (κ2) is 7.07. The molecule has 0 spiro atoms. The van der Waals surface area contributed by atoms with Crippen LogP contribution in [0.2, 0.25) is 0 Å². The van der Waals surface area contributed by atoms with E-state index < -0.39 is 5.60 Å². The number of carbonyl (C=O) groups is 1. The van der Waals surface area contributed by atoms with Gasteiger partial charge in [-0.1, -0.05) is 20.3 Å². The summed E-state index contributed by atoms with van der Waals surface area (Å²) in [5.41, 5.74) is -0.822. The van der Waals surface area contributed by atoms with Crippen molar-refractivity contribution < 1.29 is 14.6 Å². The first-order chi connectivity index (χ1) is 8.50. The van der Waals surface area contributed by atoms with Crippen molar-refractivity contribution in [2.75, 3.05) is 26.3 Å². The van der Waals surface area contributed by atoms with E-state index in [-0.39, 0.29) is 17.9 Å². The Morgan fingerprint density at radius 3 is 2.78 bits per heavy atom. The first-order valence-electron chi connectivity index (χ1n) is 6.81. The van der Waals surface area contributed by atoms with Crippen LogP contribution in [0.3, 0.4) is 0 Å². The molecule has 0 aliphatic carbocycles. The highest BCUT2D eigenvalue weighted by Crippen LogP contribution is 2.15. The lowest BCUT2D eigenvalue weighted by atomic mass is 9.99. The molecule has 0 bridgehead atoms. The molecule has 1 rings (SSSR count). The summed E-state index contributed by atoms with van der Waals surface area (Å²) in [5, 5.41) is 16.1. The summed E-state index contributed by atoms with van der Waals surface area (Å²) in [6, 6.07) is 0.0890. The van der Waals surface area contributed by atoms with Gasteiger partial charge < -0.3 is 20.5 Å². The van der Waals surface area contributed by atoms with Crippen LogP contribution in [0.1, 0.15) is 33.6 Å². The molecule has 1 aliphatic rings. The molecule has 5 nitrogen and oxygen atoms in total. The Labute approximate surface area is 109 Å². The van der Waals surface area contributed by atoms with Crippen LogP contribution in [-0.4, -0.2) is 49.0 Å². The van der Waals surface area contributed by atoms with Gasteiger partial charge in [0.2, 0.25) is 5.91 Å². The van der Waals surface area contributed by atoms with Gasteiger partial charge in [-0.3, -0.25) is 4.79 Å². The summed E-state index contributed by atoms with van der Waals surface area (Å²) in [7, 11) is 0. The summed E-state index contributed by atoms with van der Waals surface area (Å²) >= 11 is 0. The Kier molecular flexibility index (Phi) is 6.05. The van der Waals surface area contributed by atoms with Crippen LogP contribution >= 0.6 is 0 Å². The summed E-state index contributed by atoms with van der Waals surface area (Å²) in [6.07, 6.45) is 1.58. The normalized spacial score (nSPS) is 26.9. The second-order valence-electron chi connectivity index (χ2n) is 5.27. The Balaban J connectivity index is 2.40. The minimum absolute atomic E-state index is 0.0326. The zero-order valence-electron chi connectivity index (χ0n) is 11.7. The average Bonchev–Trinajstić information content (AvgIpc) is 2.75. The fraction of sp³-hybridized carbons (Fsp3) is 0.923. The Morgan fingerprint density at radius 2 is 2.17 bits per heavy atom. The number of nitrogens with one attached hydrogen (secondary N) is 2. The molecule has 1 fully saturated rings. The first-order valence-corrected chi connectivity index (χ1v) is 6.81. The van der Waals surface area contributed by atoms with Crippen molar-refractivity contribution in [2.24, 2.45) is 5.92 Å². The van der Waals surface area contributed by atoms with Gasteiger partial charge in [0.15, 0.2) is 0 Å². The number of aliphatic hydroxyl groups is 1. The molecule has 5 heteroatoms. The molecule has 0 radical (unpaired) electrons. The summed E-state index contributed by atoms with van der Waals surface area (Å²) in [5.74, 6) is -0.183. The van der Waals surface area contributed by atoms with Crippen LogP contribution in [0.4, 0.5) is 0 Å². The number of carbonyl (C=O) groups excluding carboxylic acids is 1. The van der Waals surface area contributed by atoms with E-state index in [1.165, 1.54) is 0 Å². The van der Waals surface area contributed by atoms with Crippen molar-refractivity contribution in [3.63, 3.8) is 0 Å². The molecule has 106 valence electrons. The van der Waals surface area contributed by atoms with Crippen molar-refractivity contribution in [2.45, 2.75) is 45.3 Å². The molecule has 1 aliphatic heterocycles. The average molecular weight is 258 g/mol. The minimum atomic E-state index is -0.822. The fourth-order valence-electron chi connectivity index (χ4n) is 2.31. The van der Waals surface area contributed by atoms with Gasteiger partial charge in [0.1, 0.15) is 0 Å². The zero-order chi connectivity index (χ0) is 13.6. The van der Waals surface area contributed by atoms with Gasteiger partial charge in [-0.25, -0.2) is 0 Å². The van der Waals surface area contributed by atoms with Crippen LogP contribution in [0.5, 0.6) is 0 Å². The number of hydrogen-bond donors (Lipinski definition) is 3. The molecule has 1 amide bonds. The Morgan fingerprint density at radius 1 is 1.44 bits per heavy atom. The smallest absolute Gasteiger partial charge is 0.227 e. The quantitative estimate of drug-likeness (QED) is 0.613. The first kappa shape index (κ1) is 15.4. The SMILES string of the molecule is CCCC(C)(O)CNC(=O)C1COCC1NCC. The number of likely N-dealkylation sites (N-methyl/N-ethyl adjacent to an activating group) is 1. The van der Waals surface area contributed by atoms with Crippen LogP contribution in [0.25, 0.3) is 0 Å². The van der Waals surface area contributed by atoms with E-state index >= 15 is 0 Å². The maximum Gasteiger partial charge on any atom is 0.227 e. The van der Waals surface area contributed by atoms with Gasteiger partial charge in [0, 0.05) is 12.6 Å². The number of hydrogen-bond acceptors (Lipinski definition) is 4. The van der Waals surface area contributed by atoms with Gasteiger partial charge in [-0.15, -0.1) is 0 Å². The maximum absolute atomic E-state index is 12.0. The predicted molar refractivity (Wildman–Crippen MR) is 70.3 cm³/mol. The van der Waals surface area contributed by atoms with Crippen molar-refractivity contribution in [1.82, 2.24) is 10.6 Å². The van der Waals surface area contributed by atoms with Gasteiger partial charge in [-0.05, 0) is 19.9 Å².